The molecule has 3 nitrogen and oxygen atoms in total. The summed E-state index contributed by atoms with van der Waals surface area (Å²) >= 11 is 6.87. The van der Waals surface area contributed by atoms with Gasteiger partial charge in [0.1, 0.15) is 18.2 Å². The van der Waals surface area contributed by atoms with Crippen molar-refractivity contribution in [2.75, 3.05) is 0 Å². The smallest absolute Gasteiger partial charge is 0.131 e. The SMILES string of the molecule is CCn1nc(C)c(Br)c1COc1ccc(F)cc1CBr. The molecule has 0 radical (unpaired) electrons. The van der Waals surface area contributed by atoms with E-state index in [1.807, 2.05) is 18.5 Å². The fourth-order valence-electron chi connectivity index (χ4n) is 1.95. The fraction of sp³-hybridized carbons (Fsp3) is 0.357. The van der Waals surface area contributed by atoms with Crippen molar-refractivity contribution >= 4 is 31.9 Å². The molecule has 2 aromatic rings. The molecule has 108 valence electrons. The van der Waals surface area contributed by atoms with Crippen molar-refractivity contribution in [3.05, 3.63) is 45.4 Å². The van der Waals surface area contributed by atoms with E-state index in [2.05, 4.69) is 37.0 Å². The molecule has 2 rings (SSSR count). The first-order chi connectivity index (χ1) is 9.56. The van der Waals surface area contributed by atoms with Crippen LogP contribution in [0.25, 0.3) is 0 Å². The van der Waals surface area contributed by atoms with Crippen LogP contribution in [0.3, 0.4) is 0 Å². The zero-order valence-corrected chi connectivity index (χ0v) is 14.5. The fourth-order valence-corrected chi connectivity index (χ4v) is 2.78. The van der Waals surface area contributed by atoms with Crippen molar-refractivity contribution in [1.82, 2.24) is 9.78 Å². The quantitative estimate of drug-likeness (QED) is 0.680. The molecule has 0 aliphatic carbocycles. The Labute approximate surface area is 134 Å². The minimum absolute atomic E-state index is 0.262. The van der Waals surface area contributed by atoms with Gasteiger partial charge in [-0.1, -0.05) is 15.9 Å². The standard InChI is InChI=1S/C14H15Br2FN2O/c1-3-19-12(14(16)9(2)18-19)8-20-13-5-4-11(17)6-10(13)7-15/h4-6H,3,7-8H2,1-2H3. The van der Waals surface area contributed by atoms with Gasteiger partial charge in [-0.15, -0.1) is 0 Å². The normalized spacial score (nSPS) is 10.8. The zero-order valence-electron chi connectivity index (χ0n) is 11.3. The maximum absolute atomic E-state index is 13.2. The number of ether oxygens (including phenoxy) is 1. The van der Waals surface area contributed by atoms with Gasteiger partial charge < -0.3 is 4.74 Å². The number of rotatable bonds is 5. The molecule has 1 aromatic carbocycles. The van der Waals surface area contributed by atoms with Crippen LogP contribution in [0, 0.1) is 12.7 Å². The highest BCUT2D eigenvalue weighted by atomic mass is 79.9. The van der Waals surface area contributed by atoms with Crippen molar-refractivity contribution in [1.29, 1.82) is 0 Å². The van der Waals surface area contributed by atoms with Gasteiger partial charge in [0.05, 0.1) is 15.9 Å². The monoisotopic (exact) mass is 404 g/mol. The molecule has 0 bridgehead atoms. The summed E-state index contributed by atoms with van der Waals surface area (Å²) in [5, 5.41) is 4.97. The Morgan fingerprint density at radius 1 is 1.40 bits per heavy atom. The summed E-state index contributed by atoms with van der Waals surface area (Å²) in [5.74, 6) is 0.416. The molecule has 0 aliphatic heterocycles. The van der Waals surface area contributed by atoms with Gasteiger partial charge in [0.2, 0.25) is 0 Å². The molecular weight excluding hydrogens is 391 g/mol. The second-order valence-electron chi connectivity index (χ2n) is 4.34. The maximum Gasteiger partial charge on any atom is 0.131 e. The van der Waals surface area contributed by atoms with Crippen LogP contribution in [0.15, 0.2) is 22.7 Å². The maximum atomic E-state index is 13.2. The summed E-state index contributed by atoms with van der Waals surface area (Å²) in [4.78, 5) is 0. The van der Waals surface area contributed by atoms with E-state index in [-0.39, 0.29) is 5.82 Å². The van der Waals surface area contributed by atoms with Gasteiger partial charge in [-0.25, -0.2) is 4.39 Å². The third kappa shape index (κ3) is 3.23. The molecule has 1 aromatic heterocycles. The Kier molecular flexibility index (Phi) is 5.21. The minimum atomic E-state index is -0.262. The predicted molar refractivity (Wildman–Crippen MR) is 83.7 cm³/mol. The lowest BCUT2D eigenvalue weighted by molar-refractivity contribution is 0.289. The first kappa shape index (κ1) is 15.5. The van der Waals surface area contributed by atoms with Gasteiger partial charge in [-0.3, -0.25) is 4.68 Å². The molecule has 0 N–H and O–H groups in total. The molecule has 1 heterocycles. The Morgan fingerprint density at radius 2 is 2.15 bits per heavy atom. The molecular formula is C14H15Br2FN2O. The van der Waals surface area contributed by atoms with Crippen LogP contribution in [0.2, 0.25) is 0 Å². The highest BCUT2D eigenvalue weighted by Gasteiger charge is 2.13. The molecule has 0 unspecified atom stereocenters. The lowest BCUT2D eigenvalue weighted by Gasteiger charge is -2.11. The predicted octanol–water partition coefficient (Wildman–Crippen LogP) is 4.59. The second kappa shape index (κ2) is 6.72. The van der Waals surface area contributed by atoms with Crippen LogP contribution in [0.1, 0.15) is 23.9 Å². The molecule has 0 aliphatic rings. The van der Waals surface area contributed by atoms with Gasteiger partial charge in [-0.05, 0) is 48.0 Å². The Hall–Kier alpha value is -0.880. The van der Waals surface area contributed by atoms with Crippen molar-refractivity contribution in [2.24, 2.45) is 0 Å². The molecule has 0 atom stereocenters. The number of aromatic nitrogens is 2. The molecule has 0 spiro atoms. The van der Waals surface area contributed by atoms with Gasteiger partial charge in [0.15, 0.2) is 0 Å². The number of hydrogen-bond acceptors (Lipinski definition) is 2. The number of benzene rings is 1. The first-order valence-electron chi connectivity index (χ1n) is 6.25. The third-order valence-electron chi connectivity index (χ3n) is 2.98. The van der Waals surface area contributed by atoms with Crippen molar-refractivity contribution < 1.29 is 9.13 Å². The largest absolute Gasteiger partial charge is 0.487 e. The van der Waals surface area contributed by atoms with E-state index in [4.69, 9.17) is 4.74 Å². The van der Waals surface area contributed by atoms with Crippen LogP contribution in [-0.2, 0) is 18.5 Å². The average Bonchev–Trinajstić information content (AvgIpc) is 2.72. The molecule has 6 heteroatoms. The number of nitrogens with zero attached hydrogens (tertiary/aromatic N) is 2. The summed E-state index contributed by atoms with van der Waals surface area (Å²) in [6.07, 6.45) is 0. The lowest BCUT2D eigenvalue weighted by Crippen LogP contribution is -2.07. The van der Waals surface area contributed by atoms with Crippen LogP contribution >= 0.6 is 31.9 Å². The lowest BCUT2D eigenvalue weighted by atomic mass is 10.2. The number of halogens is 3. The number of aryl methyl sites for hydroxylation is 2. The minimum Gasteiger partial charge on any atom is -0.487 e. The molecule has 0 saturated heterocycles. The van der Waals surface area contributed by atoms with Crippen molar-refractivity contribution in [3.8, 4) is 5.75 Å². The van der Waals surface area contributed by atoms with Gasteiger partial charge in [-0.2, -0.15) is 5.10 Å². The topological polar surface area (TPSA) is 27.1 Å². The third-order valence-corrected chi connectivity index (χ3v) is 4.62. The average molecular weight is 406 g/mol. The van der Waals surface area contributed by atoms with Crippen LogP contribution < -0.4 is 4.74 Å². The van der Waals surface area contributed by atoms with E-state index in [1.54, 1.807) is 6.07 Å². The van der Waals surface area contributed by atoms with Gasteiger partial charge in [0, 0.05) is 17.4 Å². The highest BCUT2D eigenvalue weighted by molar-refractivity contribution is 9.10. The van der Waals surface area contributed by atoms with Gasteiger partial charge in [0.25, 0.3) is 0 Å². The first-order valence-corrected chi connectivity index (χ1v) is 8.17. The van der Waals surface area contributed by atoms with Crippen molar-refractivity contribution in [3.63, 3.8) is 0 Å². The van der Waals surface area contributed by atoms with E-state index in [9.17, 15) is 4.39 Å². The summed E-state index contributed by atoms with van der Waals surface area (Å²) in [5.41, 5.74) is 2.71. The molecule has 0 saturated carbocycles. The van der Waals surface area contributed by atoms with Crippen LogP contribution in [-0.4, -0.2) is 9.78 Å². The molecule has 0 fully saturated rings. The highest BCUT2D eigenvalue weighted by Crippen LogP contribution is 2.26. The van der Waals surface area contributed by atoms with E-state index < -0.39 is 0 Å². The Bertz CT molecular complexity index is 613. The van der Waals surface area contributed by atoms with Crippen LogP contribution in [0.4, 0.5) is 4.39 Å². The van der Waals surface area contributed by atoms with E-state index in [1.165, 1.54) is 12.1 Å². The second-order valence-corrected chi connectivity index (χ2v) is 5.69. The van der Waals surface area contributed by atoms with Gasteiger partial charge >= 0.3 is 0 Å². The summed E-state index contributed by atoms with van der Waals surface area (Å²) < 4.78 is 21.9. The number of alkyl halides is 1. The van der Waals surface area contributed by atoms with E-state index >= 15 is 0 Å². The summed E-state index contributed by atoms with van der Waals surface area (Å²) in [6.45, 7) is 5.15. The number of hydrogen-bond donors (Lipinski definition) is 0. The van der Waals surface area contributed by atoms with Crippen molar-refractivity contribution in [2.45, 2.75) is 32.3 Å². The summed E-state index contributed by atoms with van der Waals surface area (Å²) in [6, 6.07) is 4.53. The molecule has 20 heavy (non-hydrogen) atoms. The van der Waals surface area contributed by atoms with Crippen LogP contribution in [0.5, 0.6) is 5.75 Å². The van der Waals surface area contributed by atoms with E-state index in [0.29, 0.717) is 17.7 Å². The Balaban J connectivity index is 2.21. The zero-order chi connectivity index (χ0) is 14.7. The van der Waals surface area contributed by atoms with E-state index in [0.717, 1.165) is 28.0 Å². The molecule has 0 amide bonds. The summed E-state index contributed by atoms with van der Waals surface area (Å²) in [7, 11) is 0. The Morgan fingerprint density at radius 3 is 2.80 bits per heavy atom.